The summed E-state index contributed by atoms with van der Waals surface area (Å²) in [5, 5.41) is 19.2. The van der Waals surface area contributed by atoms with Crippen molar-refractivity contribution in [2.45, 2.75) is 40.7 Å². The van der Waals surface area contributed by atoms with Crippen molar-refractivity contribution in [3.05, 3.63) is 45.8 Å². The monoisotopic (exact) mass is 574 g/mol. The van der Waals surface area contributed by atoms with E-state index in [1.54, 1.807) is 44.4 Å². The zero-order valence-corrected chi connectivity index (χ0v) is 24.0. The zero-order valence-electron chi connectivity index (χ0n) is 24.0. The van der Waals surface area contributed by atoms with Crippen molar-refractivity contribution in [1.29, 1.82) is 10.5 Å². The van der Waals surface area contributed by atoms with E-state index in [1.807, 2.05) is 12.1 Å². The van der Waals surface area contributed by atoms with E-state index >= 15 is 0 Å². The van der Waals surface area contributed by atoms with Crippen molar-refractivity contribution < 1.29 is 33.4 Å². The lowest BCUT2D eigenvalue weighted by atomic mass is 9.97. The molecule has 4 heterocycles. The van der Waals surface area contributed by atoms with Gasteiger partial charge in [0, 0.05) is 26.2 Å². The van der Waals surface area contributed by atoms with Crippen molar-refractivity contribution in [2.24, 2.45) is 11.8 Å². The van der Waals surface area contributed by atoms with Gasteiger partial charge in [0.2, 0.25) is 0 Å². The number of ether oxygens (including phenoxy) is 3. The highest BCUT2D eigenvalue weighted by Gasteiger charge is 2.41. The second-order valence-corrected chi connectivity index (χ2v) is 10.3. The van der Waals surface area contributed by atoms with Crippen molar-refractivity contribution in [3.63, 3.8) is 0 Å². The molecule has 4 rings (SSSR count). The van der Waals surface area contributed by atoms with Crippen molar-refractivity contribution in [1.82, 2.24) is 9.97 Å². The van der Waals surface area contributed by atoms with Crippen LogP contribution in [-0.4, -0.2) is 72.7 Å². The lowest BCUT2D eigenvalue weighted by Gasteiger charge is -2.40. The summed E-state index contributed by atoms with van der Waals surface area (Å²) in [6.07, 6.45) is -0.324. The summed E-state index contributed by atoms with van der Waals surface area (Å²) in [6, 6.07) is 6.91. The molecule has 0 saturated carbocycles. The van der Waals surface area contributed by atoms with Crippen LogP contribution in [0.25, 0.3) is 0 Å². The van der Waals surface area contributed by atoms with Crippen LogP contribution >= 0.6 is 0 Å². The van der Waals surface area contributed by atoms with E-state index in [9.17, 15) is 29.7 Å². The SMILES string of the molecule is CCOC(=O)c1cc(C#N)c(N2CC(C(=O)OC(=O)C3CN(c4nc(C)c(C(=O)OC(C)C)cc4C#N)C3)C2)nc1C. The number of hydrogen-bond acceptors (Lipinski definition) is 13. The lowest BCUT2D eigenvalue weighted by molar-refractivity contribution is -0.166. The Kier molecular flexibility index (Phi) is 8.71. The molecule has 0 spiro atoms. The van der Waals surface area contributed by atoms with Gasteiger partial charge in [0.05, 0.1) is 58.2 Å². The predicted molar refractivity (Wildman–Crippen MR) is 146 cm³/mol. The molecule has 0 unspecified atom stereocenters. The normalized spacial score (nSPS) is 14.8. The fraction of sp³-hybridized carbons (Fsp3) is 0.448. The summed E-state index contributed by atoms with van der Waals surface area (Å²) in [6.45, 7) is 9.38. The molecule has 218 valence electrons. The second-order valence-electron chi connectivity index (χ2n) is 10.3. The fourth-order valence-electron chi connectivity index (χ4n) is 4.60. The first-order chi connectivity index (χ1) is 20.0. The molecule has 0 N–H and O–H groups in total. The molecule has 0 aromatic carbocycles. The molecule has 42 heavy (non-hydrogen) atoms. The number of hydrogen-bond donors (Lipinski definition) is 0. The fourth-order valence-corrected chi connectivity index (χ4v) is 4.60. The van der Waals surface area contributed by atoms with E-state index in [0.29, 0.717) is 23.0 Å². The van der Waals surface area contributed by atoms with Gasteiger partial charge in [0.25, 0.3) is 0 Å². The molecule has 0 bridgehead atoms. The first-order valence-corrected chi connectivity index (χ1v) is 13.4. The van der Waals surface area contributed by atoms with Crippen LogP contribution in [0.3, 0.4) is 0 Å². The number of anilines is 2. The first-order valence-electron chi connectivity index (χ1n) is 13.4. The molecule has 2 aliphatic rings. The molecule has 0 amide bonds. The van der Waals surface area contributed by atoms with Crippen molar-refractivity contribution in [2.75, 3.05) is 42.6 Å². The van der Waals surface area contributed by atoms with Crippen molar-refractivity contribution >= 4 is 35.5 Å². The Morgan fingerprint density at radius 2 is 1.29 bits per heavy atom. The minimum atomic E-state index is -0.674. The molecule has 2 aromatic rings. The number of nitriles is 2. The van der Waals surface area contributed by atoms with E-state index in [-0.39, 0.29) is 61.1 Å². The van der Waals surface area contributed by atoms with E-state index in [0.717, 1.165) is 0 Å². The Bertz CT molecular complexity index is 1530. The predicted octanol–water partition coefficient (Wildman–Crippen LogP) is 2.22. The maximum atomic E-state index is 12.6. The Labute approximate surface area is 242 Å². The third-order valence-electron chi connectivity index (χ3n) is 6.91. The van der Waals surface area contributed by atoms with Gasteiger partial charge in [-0.25, -0.2) is 19.6 Å². The topological polar surface area (TPSA) is 176 Å². The lowest BCUT2D eigenvalue weighted by Crippen LogP contribution is -2.55. The number of carbonyl (C=O) groups is 4. The summed E-state index contributed by atoms with van der Waals surface area (Å²) in [5.74, 6) is -2.98. The Balaban J connectivity index is 1.32. The number of pyridine rings is 2. The molecule has 0 atom stereocenters. The van der Waals surface area contributed by atoms with E-state index in [1.165, 1.54) is 12.1 Å². The van der Waals surface area contributed by atoms with E-state index in [2.05, 4.69) is 9.97 Å². The van der Waals surface area contributed by atoms with Gasteiger partial charge in [-0.3, -0.25) is 9.59 Å². The van der Waals surface area contributed by atoms with Crippen LogP contribution in [-0.2, 0) is 23.8 Å². The number of carbonyl (C=O) groups excluding carboxylic acids is 4. The molecular weight excluding hydrogens is 544 g/mol. The van der Waals surface area contributed by atoms with Crippen LogP contribution in [0, 0.1) is 48.3 Å². The van der Waals surface area contributed by atoms with Gasteiger partial charge >= 0.3 is 23.9 Å². The average molecular weight is 575 g/mol. The standard InChI is InChI=1S/C29H30N6O7/c1-6-40-28(38)22-7-18(9-30)24(32-16(22)4)34-11-20(12-34)26(36)42-27(37)21-13-35(14-21)25-19(10-31)8-23(17(5)33-25)29(39)41-15(2)3/h7-8,15,20-21H,6,11-14H2,1-5H3. The van der Waals surface area contributed by atoms with Gasteiger partial charge in [-0.1, -0.05) is 0 Å². The van der Waals surface area contributed by atoms with Crippen LogP contribution in [0.1, 0.15) is 64.0 Å². The Morgan fingerprint density at radius 3 is 1.67 bits per heavy atom. The van der Waals surface area contributed by atoms with Crippen LogP contribution in [0.5, 0.6) is 0 Å². The van der Waals surface area contributed by atoms with Gasteiger partial charge in [0.1, 0.15) is 23.8 Å². The van der Waals surface area contributed by atoms with Crippen LogP contribution < -0.4 is 9.80 Å². The molecule has 2 aromatic heterocycles. The van der Waals surface area contributed by atoms with Gasteiger partial charge in [-0.05, 0) is 46.8 Å². The van der Waals surface area contributed by atoms with Gasteiger partial charge < -0.3 is 24.0 Å². The molecule has 13 heteroatoms. The maximum Gasteiger partial charge on any atom is 0.340 e. The molecule has 0 radical (unpaired) electrons. The third-order valence-corrected chi connectivity index (χ3v) is 6.91. The highest BCUT2D eigenvalue weighted by Crippen LogP contribution is 2.31. The van der Waals surface area contributed by atoms with Crippen LogP contribution in [0.2, 0.25) is 0 Å². The van der Waals surface area contributed by atoms with Gasteiger partial charge in [-0.15, -0.1) is 0 Å². The molecule has 2 aliphatic heterocycles. The quantitative estimate of drug-likeness (QED) is 0.255. The largest absolute Gasteiger partial charge is 0.462 e. The van der Waals surface area contributed by atoms with E-state index in [4.69, 9.17) is 14.2 Å². The first kappa shape index (κ1) is 29.9. The number of rotatable bonds is 8. The summed E-state index contributed by atoms with van der Waals surface area (Å²) >= 11 is 0. The molecule has 2 fully saturated rings. The summed E-state index contributed by atoms with van der Waals surface area (Å²) in [7, 11) is 0. The summed E-state index contributed by atoms with van der Waals surface area (Å²) in [4.78, 5) is 61.9. The molecule has 2 saturated heterocycles. The molecule has 0 aliphatic carbocycles. The Hall–Kier alpha value is -5.04. The Morgan fingerprint density at radius 1 is 0.857 bits per heavy atom. The smallest absolute Gasteiger partial charge is 0.340 e. The number of nitrogens with zero attached hydrogens (tertiary/aromatic N) is 6. The van der Waals surface area contributed by atoms with Gasteiger partial charge in [0.15, 0.2) is 0 Å². The van der Waals surface area contributed by atoms with Crippen LogP contribution in [0.4, 0.5) is 11.6 Å². The molecule has 13 nitrogen and oxygen atoms in total. The highest BCUT2D eigenvalue weighted by molar-refractivity contribution is 5.93. The number of esters is 4. The minimum Gasteiger partial charge on any atom is -0.462 e. The third kappa shape index (κ3) is 6.00. The number of aryl methyl sites for hydroxylation is 2. The maximum absolute atomic E-state index is 12.6. The highest BCUT2D eigenvalue weighted by atomic mass is 16.6. The molecular formula is C29H30N6O7. The number of aromatic nitrogens is 2. The minimum absolute atomic E-state index is 0.171. The van der Waals surface area contributed by atoms with Crippen LogP contribution in [0.15, 0.2) is 12.1 Å². The van der Waals surface area contributed by atoms with E-state index < -0.39 is 35.7 Å². The second kappa shape index (κ2) is 12.2. The zero-order chi connectivity index (χ0) is 30.7. The summed E-state index contributed by atoms with van der Waals surface area (Å²) in [5.41, 5.74) is 1.53. The van der Waals surface area contributed by atoms with Gasteiger partial charge in [-0.2, -0.15) is 10.5 Å². The summed E-state index contributed by atoms with van der Waals surface area (Å²) < 4.78 is 15.3. The average Bonchev–Trinajstić information content (AvgIpc) is 2.86. The van der Waals surface area contributed by atoms with Crippen molar-refractivity contribution in [3.8, 4) is 12.1 Å².